The molecule has 0 amide bonds. The molecule has 1 aliphatic heterocycles. The van der Waals surface area contributed by atoms with Gasteiger partial charge in [-0.05, 0) is 57.5 Å². The van der Waals surface area contributed by atoms with Crippen molar-refractivity contribution in [2.75, 3.05) is 29.9 Å². The maximum atomic E-state index is 13.0. The minimum absolute atomic E-state index is 0.302. The summed E-state index contributed by atoms with van der Waals surface area (Å²) in [5, 5.41) is 3.31. The lowest BCUT2D eigenvalue weighted by Gasteiger charge is -2.30. The number of anilines is 2. The van der Waals surface area contributed by atoms with Gasteiger partial charge < -0.3 is 15.0 Å². The highest BCUT2D eigenvalue weighted by molar-refractivity contribution is 5.94. The van der Waals surface area contributed by atoms with Gasteiger partial charge in [-0.1, -0.05) is 24.3 Å². The van der Waals surface area contributed by atoms with E-state index in [1.165, 1.54) is 5.69 Å². The minimum atomic E-state index is -0.307. The van der Waals surface area contributed by atoms with Crippen LogP contribution >= 0.6 is 0 Å². The topological polar surface area (TPSA) is 59.4 Å². The molecule has 4 rings (SSSR count). The molecule has 1 atom stereocenters. The van der Waals surface area contributed by atoms with Gasteiger partial charge in [0.2, 0.25) is 5.95 Å². The first-order valence-corrected chi connectivity index (χ1v) is 10.6. The van der Waals surface area contributed by atoms with Gasteiger partial charge in [0, 0.05) is 24.5 Å². The van der Waals surface area contributed by atoms with Gasteiger partial charge in [0.05, 0.1) is 29.3 Å². The van der Waals surface area contributed by atoms with Crippen LogP contribution in [-0.2, 0) is 9.53 Å². The second-order valence-corrected chi connectivity index (χ2v) is 7.34. The van der Waals surface area contributed by atoms with Crippen molar-refractivity contribution in [3.8, 4) is 0 Å². The molecule has 1 aromatic heterocycles. The van der Waals surface area contributed by atoms with E-state index >= 15 is 0 Å². The molecule has 0 unspecified atom stereocenters. The lowest BCUT2D eigenvalue weighted by Crippen LogP contribution is -2.29. The number of ether oxygens (including phenoxy) is 1. The van der Waals surface area contributed by atoms with Crippen LogP contribution in [0.2, 0.25) is 0 Å². The van der Waals surface area contributed by atoms with Gasteiger partial charge in [0.15, 0.2) is 0 Å². The molecule has 0 bridgehead atoms. The summed E-state index contributed by atoms with van der Waals surface area (Å²) >= 11 is 0. The van der Waals surface area contributed by atoms with Crippen molar-refractivity contribution in [3.05, 3.63) is 65.4 Å². The fourth-order valence-electron chi connectivity index (χ4n) is 4.21. The molecule has 2 aromatic carbocycles. The predicted octanol–water partition coefficient (Wildman–Crippen LogP) is 4.73. The van der Waals surface area contributed by atoms with Crippen LogP contribution in [-0.4, -0.2) is 35.2 Å². The zero-order valence-corrected chi connectivity index (χ0v) is 18.0. The molecule has 30 heavy (non-hydrogen) atoms. The molecule has 0 aliphatic carbocycles. The minimum Gasteiger partial charge on any atom is -0.463 e. The molecule has 1 N–H and O–H groups in total. The fourth-order valence-corrected chi connectivity index (χ4v) is 4.21. The van der Waals surface area contributed by atoms with Crippen molar-refractivity contribution in [3.63, 3.8) is 0 Å². The van der Waals surface area contributed by atoms with Gasteiger partial charge in [-0.2, -0.15) is 0 Å². The first-order valence-electron chi connectivity index (χ1n) is 10.6. The smallest absolute Gasteiger partial charge is 0.338 e. The Morgan fingerprint density at radius 3 is 2.47 bits per heavy atom. The van der Waals surface area contributed by atoms with Crippen LogP contribution in [0.1, 0.15) is 39.3 Å². The van der Waals surface area contributed by atoms with Crippen LogP contribution in [0, 0.1) is 0 Å². The van der Waals surface area contributed by atoms with Crippen LogP contribution in [0.15, 0.2) is 59.8 Å². The number of fused-ring (bicyclic) bond motifs is 3. The Morgan fingerprint density at radius 2 is 1.80 bits per heavy atom. The van der Waals surface area contributed by atoms with Crippen LogP contribution in [0.3, 0.4) is 0 Å². The van der Waals surface area contributed by atoms with E-state index < -0.39 is 0 Å². The summed E-state index contributed by atoms with van der Waals surface area (Å²) in [6.45, 7) is 10.3. The van der Waals surface area contributed by atoms with E-state index in [0.717, 1.165) is 41.3 Å². The van der Waals surface area contributed by atoms with Gasteiger partial charge in [-0.3, -0.25) is 4.57 Å². The number of hydrogen-bond acceptors (Lipinski definition) is 5. The summed E-state index contributed by atoms with van der Waals surface area (Å²) < 4.78 is 7.52. The Balaban J connectivity index is 1.88. The first-order chi connectivity index (χ1) is 14.6. The molecule has 6 heteroatoms. The van der Waals surface area contributed by atoms with Crippen molar-refractivity contribution in [2.45, 2.75) is 33.7 Å². The Kier molecular flexibility index (Phi) is 5.48. The Morgan fingerprint density at radius 1 is 1.10 bits per heavy atom. The molecule has 0 spiro atoms. The molecular weight excluding hydrogens is 376 g/mol. The second kappa shape index (κ2) is 8.22. The summed E-state index contributed by atoms with van der Waals surface area (Å²) in [6.07, 6.45) is 0. The first kappa shape index (κ1) is 20.0. The fraction of sp³-hybridized carbons (Fsp3) is 0.333. The number of para-hydroxylation sites is 2. The number of allylic oxidation sites excluding steroid dienone is 1. The van der Waals surface area contributed by atoms with Crippen LogP contribution in [0.4, 0.5) is 11.6 Å². The highest BCUT2D eigenvalue weighted by atomic mass is 16.5. The molecular formula is C24H28N4O2. The normalized spacial score (nSPS) is 15.7. The lowest BCUT2D eigenvalue weighted by atomic mass is 9.94. The van der Waals surface area contributed by atoms with E-state index in [1.807, 2.05) is 38.1 Å². The lowest BCUT2D eigenvalue weighted by molar-refractivity contribution is -0.139. The van der Waals surface area contributed by atoms with Gasteiger partial charge >= 0.3 is 5.97 Å². The molecule has 0 fully saturated rings. The maximum absolute atomic E-state index is 13.0. The Hall–Kier alpha value is -3.28. The van der Waals surface area contributed by atoms with Crippen LogP contribution in [0.25, 0.3) is 11.0 Å². The van der Waals surface area contributed by atoms with E-state index in [0.29, 0.717) is 12.2 Å². The van der Waals surface area contributed by atoms with Crippen LogP contribution in [0.5, 0.6) is 0 Å². The van der Waals surface area contributed by atoms with Gasteiger partial charge in [0.25, 0.3) is 0 Å². The number of benzene rings is 2. The number of rotatable bonds is 6. The van der Waals surface area contributed by atoms with Gasteiger partial charge in [0.1, 0.15) is 0 Å². The molecule has 0 saturated carbocycles. The largest absolute Gasteiger partial charge is 0.463 e. The second-order valence-electron chi connectivity index (χ2n) is 7.34. The van der Waals surface area contributed by atoms with E-state index in [4.69, 9.17) is 9.72 Å². The molecule has 3 aromatic rings. The average Bonchev–Trinajstić information content (AvgIpc) is 3.12. The number of imidazole rings is 1. The summed E-state index contributed by atoms with van der Waals surface area (Å²) in [7, 11) is 0. The highest BCUT2D eigenvalue weighted by Crippen LogP contribution is 2.39. The molecule has 2 heterocycles. The van der Waals surface area contributed by atoms with Gasteiger partial charge in [-0.25, -0.2) is 9.78 Å². The van der Waals surface area contributed by atoms with Crippen molar-refractivity contribution >= 4 is 28.6 Å². The quantitative estimate of drug-likeness (QED) is 0.602. The van der Waals surface area contributed by atoms with E-state index in [-0.39, 0.29) is 12.0 Å². The summed E-state index contributed by atoms with van der Waals surface area (Å²) in [6, 6.07) is 16.1. The Bertz CT molecular complexity index is 1090. The van der Waals surface area contributed by atoms with Crippen molar-refractivity contribution in [2.24, 2.45) is 0 Å². The maximum Gasteiger partial charge on any atom is 0.338 e. The van der Waals surface area contributed by atoms with E-state index in [2.05, 4.69) is 52.9 Å². The number of carbonyl (C=O) groups excluding carboxylic acids is 1. The third-order valence-corrected chi connectivity index (χ3v) is 5.66. The summed E-state index contributed by atoms with van der Waals surface area (Å²) in [5.74, 6) is 0.434. The van der Waals surface area contributed by atoms with Gasteiger partial charge in [-0.15, -0.1) is 0 Å². The van der Waals surface area contributed by atoms with Crippen LogP contribution < -0.4 is 10.2 Å². The van der Waals surface area contributed by atoms with Crippen molar-refractivity contribution in [1.29, 1.82) is 0 Å². The SMILES string of the molecule is CCOC(=O)C1=C(C)Nc2nc3ccccc3n2[C@H]1c1ccc(N(CC)CC)cc1. The summed E-state index contributed by atoms with van der Waals surface area (Å²) in [4.78, 5) is 20.0. The van der Waals surface area contributed by atoms with E-state index in [9.17, 15) is 4.79 Å². The third kappa shape index (κ3) is 3.32. The third-order valence-electron chi connectivity index (χ3n) is 5.66. The monoisotopic (exact) mass is 404 g/mol. The Labute approximate surface area is 177 Å². The zero-order chi connectivity index (χ0) is 21.3. The summed E-state index contributed by atoms with van der Waals surface area (Å²) in [5.41, 5.74) is 5.46. The number of hydrogen-bond donors (Lipinski definition) is 1. The standard InChI is InChI=1S/C24H28N4O2/c1-5-27(6-2)18-14-12-17(13-15-18)22-21(23(29)30-7-3)16(4)25-24-26-19-10-8-9-11-20(19)28(22)24/h8-15,22H,5-7H2,1-4H3,(H,25,26)/t22-/m0/s1. The zero-order valence-electron chi connectivity index (χ0n) is 18.0. The van der Waals surface area contributed by atoms with Crippen molar-refractivity contribution < 1.29 is 9.53 Å². The molecule has 6 nitrogen and oxygen atoms in total. The molecule has 0 radical (unpaired) electrons. The van der Waals surface area contributed by atoms with Crippen molar-refractivity contribution in [1.82, 2.24) is 9.55 Å². The number of nitrogens with one attached hydrogen (secondary N) is 1. The van der Waals surface area contributed by atoms with E-state index in [1.54, 1.807) is 0 Å². The number of esters is 1. The number of nitrogens with zero attached hydrogens (tertiary/aromatic N) is 3. The predicted molar refractivity (Wildman–Crippen MR) is 121 cm³/mol. The average molecular weight is 405 g/mol. The molecule has 156 valence electrons. The highest BCUT2D eigenvalue weighted by Gasteiger charge is 2.34. The number of carbonyl (C=O) groups is 1. The number of aromatic nitrogens is 2. The molecule has 0 saturated heterocycles. The molecule has 1 aliphatic rings.